The van der Waals surface area contributed by atoms with Gasteiger partial charge in [-0.15, -0.1) is 0 Å². The molecular formula is C9H9F3OS. The summed E-state index contributed by atoms with van der Waals surface area (Å²) in [5, 5.41) is 8.79. The lowest BCUT2D eigenvalue weighted by Crippen LogP contribution is -2.11. The zero-order valence-electron chi connectivity index (χ0n) is 7.32. The van der Waals surface area contributed by atoms with Gasteiger partial charge < -0.3 is 5.11 Å². The summed E-state index contributed by atoms with van der Waals surface area (Å²) in [6.45, 7) is 12.4. The first-order chi connectivity index (χ1) is 6.16. The van der Waals surface area contributed by atoms with E-state index in [1.54, 1.807) is 0 Å². The zero-order valence-corrected chi connectivity index (χ0v) is 8.13. The third kappa shape index (κ3) is 3.74. The lowest BCUT2D eigenvalue weighted by molar-refractivity contribution is -0.0881. The molecule has 0 atom stereocenters. The van der Waals surface area contributed by atoms with Crippen LogP contribution < -0.4 is 0 Å². The molecule has 1 nitrogen and oxygen atoms in total. The Labute approximate surface area is 84.3 Å². The molecule has 0 aromatic heterocycles. The fourth-order valence-electron chi connectivity index (χ4n) is 0.427. The van der Waals surface area contributed by atoms with Crippen molar-refractivity contribution in [2.24, 2.45) is 0 Å². The maximum absolute atomic E-state index is 12.1. The van der Waals surface area contributed by atoms with Crippen molar-refractivity contribution in [1.29, 1.82) is 0 Å². The second-order valence-electron chi connectivity index (χ2n) is 2.37. The molecule has 0 saturated heterocycles. The van der Waals surface area contributed by atoms with E-state index in [9.17, 15) is 13.2 Å². The predicted molar refractivity (Wildman–Crippen MR) is 52.8 cm³/mol. The Morgan fingerprint density at radius 3 is 1.71 bits per heavy atom. The van der Waals surface area contributed by atoms with E-state index < -0.39 is 11.7 Å². The van der Waals surface area contributed by atoms with Crippen LogP contribution in [0.15, 0.2) is 47.5 Å². The van der Waals surface area contributed by atoms with E-state index in [4.69, 9.17) is 5.11 Å². The summed E-state index contributed by atoms with van der Waals surface area (Å²) in [5.41, 5.74) is -1.05. The van der Waals surface area contributed by atoms with Crippen LogP contribution in [0.3, 0.4) is 0 Å². The molecule has 0 spiro atoms. The summed E-state index contributed by atoms with van der Waals surface area (Å²) < 4.78 is 36.2. The molecule has 0 heterocycles. The highest BCUT2D eigenvalue weighted by molar-refractivity contribution is 8.07. The molecule has 14 heavy (non-hydrogen) atoms. The second-order valence-corrected chi connectivity index (χ2v) is 3.56. The number of allylic oxidation sites excluding steroid dienone is 1. The van der Waals surface area contributed by atoms with Gasteiger partial charge in [-0.2, -0.15) is 13.2 Å². The van der Waals surface area contributed by atoms with E-state index in [1.807, 2.05) is 0 Å². The summed E-state index contributed by atoms with van der Waals surface area (Å²) in [6.07, 6.45) is -4.51. The Hall–Kier alpha value is -1.10. The highest BCUT2D eigenvalue weighted by Crippen LogP contribution is 2.38. The third-order valence-corrected chi connectivity index (χ3v) is 2.22. The average Bonchev–Trinajstić information content (AvgIpc) is 2.00. The molecule has 0 amide bonds. The van der Waals surface area contributed by atoms with Crippen molar-refractivity contribution in [2.75, 3.05) is 0 Å². The van der Waals surface area contributed by atoms with Crippen LogP contribution in [0.2, 0.25) is 0 Å². The van der Waals surface area contributed by atoms with Gasteiger partial charge >= 0.3 is 6.18 Å². The summed E-state index contributed by atoms with van der Waals surface area (Å²) >= 11 is 0.585. The van der Waals surface area contributed by atoms with Crippen molar-refractivity contribution in [3.8, 4) is 0 Å². The lowest BCUT2D eigenvalue weighted by atomic mass is 10.3. The van der Waals surface area contributed by atoms with Gasteiger partial charge in [0.25, 0.3) is 0 Å². The molecule has 1 N–H and O–H groups in total. The highest BCUT2D eigenvalue weighted by atomic mass is 32.2. The molecule has 0 aromatic carbocycles. The lowest BCUT2D eigenvalue weighted by Gasteiger charge is -2.12. The second kappa shape index (κ2) is 4.41. The summed E-state index contributed by atoms with van der Waals surface area (Å²) in [6, 6.07) is 0. The van der Waals surface area contributed by atoms with Gasteiger partial charge in [-0.1, -0.05) is 38.1 Å². The molecule has 0 aliphatic rings. The van der Waals surface area contributed by atoms with Gasteiger partial charge in [0.05, 0.1) is 5.57 Å². The monoisotopic (exact) mass is 222 g/mol. The van der Waals surface area contributed by atoms with Crippen LogP contribution in [0.25, 0.3) is 0 Å². The quantitative estimate of drug-likeness (QED) is 0.574. The van der Waals surface area contributed by atoms with Gasteiger partial charge in [-0.05, 0) is 0 Å². The van der Waals surface area contributed by atoms with Crippen LogP contribution in [-0.4, -0.2) is 11.3 Å². The average molecular weight is 222 g/mol. The van der Waals surface area contributed by atoms with Crippen LogP contribution in [0.5, 0.6) is 0 Å². The Morgan fingerprint density at radius 1 is 1.00 bits per heavy atom. The number of alkyl halides is 3. The third-order valence-electron chi connectivity index (χ3n) is 1.25. The number of aliphatic hydroxyl groups is 1. The first kappa shape index (κ1) is 12.9. The standard InChI is InChI=1S/C9H9F3OS/c1-5(9(10,11)12)7(3)14-8(4)6(2)13/h13H,1-4H2. The van der Waals surface area contributed by atoms with Crippen molar-refractivity contribution < 1.29 is 18.3 Å². The summed E-state index contributed by atoms with van der Waals surface area (Å²) in [7, 11) is 0. The smallest absolute Gasteiger partial charge is 0.416 e. The molecule has 0 radical (unpaired) electrons. The normalized spacial score (nSPS) is 10.8. The van der Waals surface area contributed by atoms with Crippen molar-refractivity contribution in [2.45, 2.75) is 6.18 Å². The topological polar surface area (TPSA) is 20.2 Å². The van der Waals surface area contributed by atoms with Gasteiger partial charge in [-0.3, -0.25) is 0 Å². The fourth-order valence-corrected chi connectivity index (χ4v) is 1.08. The van der Waals surface area contributed by atoms with E-state index in [2.05, 4.69) is 26.3 Å². The number of halogens is 3. The van der Waals surface area contributed by atoms with E-state index in [0.29, 0.717) is 11.8 Å². The molecule has 5 heteroatoms. The molecule has 0 rings (SSSR count). The maximum atomic E-state index is 12.1. The van der Waals surface area contributed by atoms with Crippen molar-refractivity contribution in [3.63, 3.8) is 0 Å². The van der Waals surface area contributed by atoms with Gasteiger partial charge in [0, 0.05) is 9.81 Å². The Morgan fingerprint density at radius 2 is 1.43 bits per heavy atom. The maximum Gasteiger partial charge on any atom is 0.416 e. The number of aliphatic hydroxyl groups excluding tert-OH is 1. The molecule has 0 saturated carbocycles. The predicted octanol–water partition coefficient (Wildman–Crippen LogP) is 3.94. The fraction of sp³-hybridized carbons (Fsp3) is 0.111. The van der Waals surface area contributed by atoms with E-state index >= 15 is 0 Å². The minimum Gasteiger partial charge on any atom is -0.507 e. The van der Waals surface area contributed by atoms with E-state index in [-0.39, 0.29) is 15.6 Å². The first-order valence-corrected chi connectivity index (χ1v) is 4.18. The largest absolute Gasteiger partial charge is 0.507 e. The number of hydrogen-bond acceptors (Lipinski definition) is 2. The van der Waals surface area contributed by atoms with Gasteiger partial charge in [0.2, 0.25) is 0 Å². The molecule has 0 aliphatic carbocycles. The Kier molecular flexibility index (Phi) is 4.07. The van der Waals surface area contributed by atoms with Gasteiger partial charge in [0.1, 0.15) is 5.76 Å². The van der Waals surface area contributed by atoms with Crippen LogP contribution in [0, 0.1) is 0 Å². The van der Waals surface area contributed by atoms with Crippen molar-refractivity contribution in [3.05, 3.63) is 47.5 Å². The number of hydrogen-bond donors (Lipinski definition) is 1. The van der Waals surface area contributed by atoms with E-state index in [0.717, 1.165) is 0 Å². The highest BCUT2D eigenvalue weighted by Gasteiger charge is 2.33. The van der Waals surface area contributed by atoms with Crippen molar-refractivity contribution in [1.82, 2.24) is 0 Å². The molecule has 0 bridgehead atoms. The molecule has 0 aliphatic heterocycles. The number of rotatable bonds is 4. The minimum atomic E-state index is -4.51. The summed E-state index contributed by atoms with van der Waals surface area (Å²) in [5.74, 6) is -0.383. The van der Waals surface area contributed by atoms with E-state index in [1.165, 1.54) is 0 Å². The zero-order chi connectivity index (χ0) is 11.5. The van der Waals surface area contributed by atoms with Crippen LogP contribution in [-0.2, 0) is 0 Å². The molecule has 0 unspecified atom stereocenters. The molecule has 0 fully saturated rings. The number of thioether (sulfide) groups is 1. The van der Waals surface area contributed by atoms with Crippen LogP contribution in [0.1, 0.15) is 0 Å². The molecular weight excluding hydrogens is 213 g/mol. The SMILES string of the molecule is C=C(O)C(=C)SC(=C)C(=C)C(F)(F)F. The van der Waals surface area contributed by atoms with Crippen molar-refractivity contribution >= 4 is 11.8 Å². The van der Waals surface area contributed by atoms with Gasteiger partial charge in [0.15, 0.2) is 0 Å². The Balaban J connectivity index is 4.46. The first-order valence-electron chi connectivity index (χ1n) is 3.36. The molecule has 0 aromatic rings. The van der Waals surface area contributed by atoms with Crippen LogP contribution >= 0.6 is 11.8 Å². The minimum absolute atomic E-state index is 0.0143. The van der Waals surface area contributed by atoms with Gasteiger partial charge in [-0.25, -0.2) is 0 Å². The molecule has 78 valence electrons. The van der Waals surface area contributed by atoms with Crippen LogP contribution in [0.4, 0.5) is 13.2 Å². The summed E-state index contributed by atoms with van der Waals surface area (Å²) in [4.78, 5) is -0.293. The Bertz CT molecular complexity index is 302.